The number of hydrogen-bond acceptors (Lipinski definition) is 4. The van der Waals surface area contributed by atoms with E-state index in [1.807, 2.05) is 18.2 Å². The molecule has 1 N–H and O–H groups in total. The molecule has 1 aromatic heterocycles. The molecular weight excluding hydrogens is 302 g/mol. The molecule has 0 saturated heterocycles. The van der Waals surface area contributed by atoms with Gasteiger partial charge in [0.2, 0.25) is 5.60 Å². The third kappa shape index (κ3) is 3.19. The van der Waals surface area contributed by atoms with Crippen molar-refractivity contribution < 1.29 is 14.6 Å². The van der Waals surface area contributed by atoms with Gasteiger partial charge in [0.15, 0.2) is 0 Å². The van der Waals surface area contributed by atoms with Gasteiger partial charge in [-0.25, -0.2) is 4.79 Å². The first kappa shape index (κ1) is 15.9. The second kappa shape index (κ2) is 7.06. The van der Waals surface area contributed by atoms with Crippen LogP contribution in [0.1, 0.15) is 16.7 Å². The Kier molecular flexibility index (Phi) is 4.68. The average Bonchev–Trinajstić information content (AvgIpc) is 2.67. The fourth-order valence-electron chi connectivity index (χ4n) is 2.50. The molecule has 0 fully saturated rings. The van der Waals surface area contributed by atoms with E-state index in [2.05, 4.69) is 4.98 Å². The van der Waals surface area contributed by atoms with E-state index in [9.17, 15) is 9.90 Å². The number of esters is 1. The molecule has 3 rings (SSSR count). The predicted octanol–water partition coefficient (Wildman–Crippen LogP) is 3.06. The molecule has 0 bridgehead atoms. The third-order valence-electron chi connectivity index (χ3n) is 3.77. The van der Waals surface area contributed by atoms with Crippen molar-refractivity contribution in [1.29, 1.82) is 0 Å². The molecule has 0 radical (unpaired) electrons. The van der Waals surface area contributed by atoms with Crippen LogP contribution in [0, 0.1) is 0 Å². The standard InChI is InChI=1S/C20H17NO3/c22-19(24-15-16-8-7-13-21-14-16)20(23,17-9-3-1-4-10-17)18-11-5-2-6-12-18/h1-14,23H,15H2. The molecule has 2 aromatic carbocycles. The quantitative estimate of drug-likeness (QED) is 0.734. The van der Waals surface area contributed by atoms with Gasteiger partial charge in [0, 0.05) is 18.0 Å². The lowest BCUT2D eigenvalue weighted by molar-refractivity contribution is -0.163. The Balaban J connectivity index is 1.92. The van der Waals surface area contributed by atoms with E-state index >= 15 is 0 Å². The van der Waals surface area contributed by atoms with Gasteiger partial charge in [0.25, 0.3) is 0 Å². The smallest absolute Gasteiger partial charge is 0.348 e. The van der Waals surface area contributed by atoms with Crippen LogP contribution in [0.5, 0.6) is 0 Å². The number of aromatic nitrogens is 1. The highest BCUT2D eigenvalue weighted by molar-refractivity contribution is 5.85. The number of ether oxygens (including phenoxy) is 1. The molecule has 24 heavy (non-hydrogen) atoms. The number of pyridine rings is 1. The zero-order valence-corrected chi connectivity index (χ0v) is 13.0. The molecule has 1 heterocycles. The number of benzene rings is 2. The topological polar surface area (TPSA) is 59.4 Å². The lowest BCUT2D eigenvalue weighted by Crippen LogP contribution is -2.38. The Bertz CT molecular complexity index is 749. The molecule has 0 aliphatic carbocycles. The molecule has 0 unspecified atom stereocenters. The summed E-state index contributed by atoms with van der Waals surface area (Å²) in [5.41, 5.74) is -0.167. The van der Waals surface area contributed by atoms with Crippen molar-refractivity contribution in [1.82, 2.24) is 4.98 Å². The summed E-state index contributed by atoms with van der Waals surface area (Å²) in [6.45, 7) is 0.0502. The largest absolute Gasteiger partial charge is 0.458 e. The molecule has 0 amide bonds. The first-order valence-corrected chi connectivity index (χ1v) is 7.61. The van der Waals surface area contributed by atoms with E-state index in [-0.39, 0.29) is 6.61 Å². The van der Waals surface area contributed by atoms with Gasteiger partial charge in [-0.2, -0.15) is 0 Å². The number of carbonyl (C=O) groups is 1. The first-order chi connectivity index (χ1) is 11.7. The summed E-state index contributed by atoms with van der Waals surface area (Å²) in [5.74, 6) is -0.719. The maximum absolute atomic E-state index is 12.7. The highest BCUT2D eigenvalue weighted by Crippen LogP contribution is 2.31. The Morgan fingerprint density at radius 2 is 1.50 bits per heavy atom. The van der Waals surface area contributed by atoms with E-state index in [1.54, 1.807) is 67.0 Å². The Labute approximate surface area is 140 Å². The minimum Gasteiger partial charge on any atom is -0.458 e. The summed E-state index contributed by atoms with van der Waals surface area (Å²) < 4.78 is 5.37. The van der Waals surface area contributed by atoms with Crippen LogP contribution in [0.25, 0.3) is 0 Å². The molecule has 0 spiro atoms. The third-order valence-corrected chi connectivity index (χ3v) is 3.77. The van der Waals surface area contributed by atoms with E-state index in [0.29, 0.717) is 11.1 Å². The van der Waals surface area contributed by atoms with Gasteiger partial charge in [-0.1, -0.05) is 66.7 Å². The lowest BCUT2D eigenvalue weighted by Gasteiger charge is -2.27. The van der Waals surface area contributed by atoms with Crippen LogP contribution in [0.4, 0.5) is 0 Å². The second-order valence-electron chi connectivity index (χ2n) is 5.38. The molecule has 4 heteroatoms. The van der Waals surface area contributed by atoms with Crippen LogP contribution in [-0.2, 0) is 21.7 Å². The van der Waals surface area contributed by atoms with Crippen molar-refractivity contribution in [2.75, 3.05) is 0 Å². The zero-order valence-electron chi connectivity index (χ0n) is 13.0. The van der Waals surface area contributed by atoms with Crippen molar-refractivity contribution in [3.05, 3.63) is 102 Å². The van der Waals surface area contributed by atoms with E-state index < -0.39 is 11.6 Å². The predicted molar refractivity (Wildman–Crippen MR) is 89.9 cm³/mol. The van der Waals surface area contributed by atoms with E-state index in [1.165, 1.54) is 0 Å². The Morgan fingerprint density at radius 1 is 0.917 bits per heavy atom. The monoisotopic (exact) mass is 319 g/mol. The van der Waals surface area contributed by atoms with E-state index in [4.69, 9.17) is 4.74 Å². The summed E-state index contributed by atoms with van der Waals surface area (Å²) in [5, 5.41) is 11.2. The molecule has 0 aliphatic heterocycles. The van der Waals surface area contributed by atoms with Gasteiger partial charge in [0.1, 0.15) is 6.61 Å². The summed E-state index contributed by atoms with van der Waals surface area (Å²) in [6.07, 6.45) is 3.27. The van der Waals surface area contributed by atoms with Gasteiger partial charge >= 0.3 is 5.97 Å². The Morgan fingerprint density at radius 3 is 2.00 bits per heavy atom. The van der Waals surface area contributed by atoms with Gasteiger partial charge in [0.05, 0.1) is 0 Å². The lowest BCUT2D eigenvalue weighted by atomic mass is 9.86. The van der Waals surface area contributed by atoms with Crippen LogP contribution in [0.15, 0.2) is 85.2 Å². The van der Waals surface area contributed by atoms with E-state index in [0.717, 1.165) is 5.56 Å². The summed E-state index contributed by atoms with van der Waals surface area (Å²) in [4.78, 5) is 16.7. The molecule has 120 valence electrons. The maximum atomic E-state index is 12.7. The van der Waals surface area contributed by atoms with Crippen LogP contribution in [-0.4, -0.2) is 16.1 Å². The van der Waals surface area contributed by atoms with Gasteiger partial charge in [-0.15, -0.1) is 0 Å². The fourth-order valence-corrected chi connectivity index (χ4v) is 2.50. The number of aliphatic hydroxyl groups is 1. The minimum absolute atomic E-state index is 0.0502. The highest BCUT2D eigenvalue weighted by Gasteiger charge is 2.41. The molecule has 0 aliphatic rings. The summed E-state index contributed by atoms with van der Waals surface area (Å²) >= 11 is 0. The minimum atomic E-state index is -1.86. The maximum Gasteiger partial charge on any atom is 0.348 e. The second-order valence-corrected chi connectivity index (χ2v) is 5.38. The summed E-state index contributed by atoms with van der Waals surface area (Å²) in [7, 11) is 0. The normalized spacial score (nSPS) is 11.0. The van der Waals surface area contributed by atoms with Crippen LogP contribution >= 0.6 is 0 Å². The number of rotatable bonds is 5. The fraction of sp³-hybridized carbons (Fsp3) is 0.100. The molecular formula is C20H17NO3. The van der Waals surface area contributed by atoms with Gasteiger partial charge in [-0.3, -0.25) is 4.98 Å². The van der Waals surface area contributed by atoms with Gasteiger partial charge < -0.3 is 9.84 Å². The van der Waals surface area contributed by atoms with Gasteiger partial charge in [-0.05, 0) is 17.2 Å². The zero-order chi connectivity index (χ0) is 16.8. The summed E-state index contributed by atoms with van der Waals surface area (Å²) in [6, 6.07) is 21.2. The molecule has 0 atom stereocenters. The van der Waals surface area contributed by atoms with Crippen molar-refractivity contribution in [2.24, 2.45) is 0 Å². The molecule has 4 nitrogen and oxygen atoms in total. The van der Waals surface area contributed by atoms with Crippen molar-refractivity contribution in [3.63, 3.8) is 0 Å². The number of nitrogens with zero attached hydrogens (tertiary/aromatic N) is 1. The van der Waals surface area contributed by atoms with Crippen molar-refractivity contribution in [3.8, 4) is 0 Å². The van der Waals surface area contributed by atoms with Crippen LogP contribution in [0.2, 0.25) is 0 Å². The Hall–Kier alpha value is -2.98. The highest BCUT2D eigenvalue weighted by atomic mass is 16.5. The first-order valence-electron chi connectivity index (χ1n) is 7.61. The average molecular weight is 319 g/mol. The van der Waals surface area contributed by atoms with Crippen LogP contribution < -0.4 is 0 Å². The SMILES string of the molecule is O=C(OCc1cccnc1)C(O)(c1ccccc1)c1ccccc1. The van der Waals surface area contributed by atoms with Crippen molar-refractivity contribution >= 4 is 5.97 Å². The number of carbonyl (C=O) groups excluding carboxylic acids is 1. The molecule has 0 saturated carbocycles. The van der Waals surface area contributed by atoms with Crippen molar-refractivity contribution in [2.45, 2.75) is 12.2 Å². The van der Waals surface area contributed by atoms with Crippen LogP contribution in [0.3, 0.4) is 0 Å². The number of hydrogen-bond donors (Lipinski definition) is 1. The molecule has 3 aromatic rings.